The van der Waals surface area contributed by atoms with Crippen LogP contribution in [0.15, 0.2) is 30.3 Å². The second kappa shape index (κ2) is 4.69. The molecule has 0 bridgehead atoms. The second-order valence-electron chi connectivity index (χ2n) is 4.38. The first-order chi connectivity index (χ1) is 9.93. The minimum atomic E-state index is -4.39. The van der Waals surface area contributed by atoms with Crippen LogP contribution in [-0.2, 0) is 6.18 Å². The first-order valence-electron chi connectivity index (χ1n) is 5.93. The van der Waals surface area contributed by atoms with Crippen LogP contribution < -0.4 is 5.32 Å². The molecule has 9 heteroatoms. The van der Waals surface area contributed by atoms with Crippen molar-refractivity contribution in [2.75, 3.05) is 5.32 Å². The number of tetrazole rings is 1. The van der Waals surface area contributed by atoms with Crippen LogP contribution >= 0.6 is 0 Å². The number of halogens is 3. The Hall–Kier alpha value is -2.71. The lowest BCUT2D eigenvalue weighted by Crippen LogP contribution is -2.06. The van der Waals surface area contributed by atoms with Crippen molar-refractivity contribution in [3.8, 4) is 0 Å². The van der Waals surface area contributed by atoms with Gasteiger partial charge in [0.1, 0.15) is 5.82 Å². The van der Waals surface area contributed by atoms with Crippen molar-refractivity contribution >= 4 is 17.3 Å². The molecule has 0 unspecified atom stereocenters. The number of alkyl halides is 3. The van der Waals surface area contributed by atoms with E-state index < -0.39 is 11.7 Å². The molecule has 0 saturated heterocycles. The summed E-state index contributed by atoms with van der Waals surface area (Å²) in [7, 11) is 0. The lowest BCUT2D eigenvalue weighted by Gasteiger charge is -2.11. The maximum atomic E-state index is 12.7. The molecule has 0 aliphatic rings. The van der Waals surface area contributed by atoms with Gasteiger partial charge in [-0.1, -0.05) is 11.2 Å². The van der Waals surface area contributed by atoms with Gasteiger partial charge in [0.15, 0.2) is 0 Å². The molecule has 2 heterocycles. The summed E-state index contributed by atoms with van der Waals surface area (Å²) < 4.78 is 39.4. The average molecular weight is 294 g/mol. The fourth-order valence-corrected chi connectivity index (χ4v) is 1.87. The van der Waals surface area contributed by atoms with Crippen molar-refractivity contribution in [3.05, 3.63) is 41.6 Å². The van der Waals surface area contributed by atoms with Gasteiger partial charge >= 0.3 is 6.18 Å². The summed E-state index contributed by atoms with van der Waals surface area (Å²) >= 11 is 0. The third-order valence-corrected chi connectivity index (χ3v) is 2.77. The number of nitrogens with one attached hydrogen (secondary N) is 1. The van der Waals surface area contributed by atoms with Gasteiger partial charge in [-0.15, -0.1) is 0 Å². The predicted molar refractivity (Wildman–Crippen MR) is 68.0 cm³/mol. The molecule has 0 fully saturated rings. The minimum Gasteiger partial charge on any atom is -0.340 e. The van der Waals surface area contributed by atoms with Gasteiger partial charge in [-0.3, -0.25) is 0 Å². The van der Waals surface area contributed by atoms with E-state index in [0.29, 0.717) is 11.5 Å². The van der Waals surface area contributed by atoms with Crippen LogP contribution in [-0.4, -0.2) is 25.0 Å². The van der Waals surface area contributed by atoms with Crippen LogP contribution in [0.4, 0.5) is 24.7 Å². The van der Waals surface area contributed by atoms with E-state index in [0.717, 1.165) is 12.1 Å². The SMILES string of the molecule is Cc1cc(Nc2cccc(C(F)(F)F)c2)n2nnnc2n1. The van der Waals surface area contributed by atoms with Crippen molar-refractivity contribution in [2.24, 2.45) is 0 Å². The smallest absolute Gasteiger partial charge is 0.340 e. The number of rotatable bonds is 2. The molecule has 6 nitrogen and oxygen atoms in total. The topological polar surface area (TPSA) is 68.0 Å². The van der Waals surface area contributed by atoms with E-state index in [1.807, 2.05) is 0 Å². The third kappa shape index (κ3) is 2.62. The molecule has 3 rings (SSSR count). The summed E-state index contributed by atoms with van der Waals surface area (Å²) in [6.07, 6.45) is -4.39. The Morgan fingerprint density at radius 2 is 2.00 bits per heavy atom. The Bertz CT molecular complexity index is 795. The van der Waals surface area contributed by atoms with Crippen LogP contribution in [0.1, 0.15) is 11.3 Å². The van der Waals surface area contributed by atoms with Gasteiger partial charge in [0, 0.05) is 17.4 Å². The number of hydrogen-bond acceptors (Lipinski definition) is 5. The molecule has 1 aromatic carbocycles. The highest BCUT2D eigenvalue weighted by molar-refractivity contribution is 5.59. The molecule has 0 spiro atoms. The Kier molecular flexibility index (Phi) is 2.96. The van der Waals surface area contributed by atoms with E-state index in [4.69, 9.17) is 0 Å². The molecular weight excluding hydrogens is 285 g/mol. The van der Waals surface area contributed by atoms with Crippen molar-refractivity contribution in [3.63, 3.8) is 0 Å². The van der Waals surface area contributed by atoms with Crippen LogP contribution in [0.5, 0.6) is 0 Å². The fraction of sp³-hybridized carbons (Fsp3) is 0.167. The van der Waals surface area contributed by atoms with E-state index in [1.54, 1.807) is 13.0 Å². The molecule has 1 N–H and O–H groups in total. The molecule has 2 aromatic heterocycles. The zero-order chi connectivity index (χ0) is 15.0. The van der Waals surface area contributed by atoms with Crippen molar-refractivity contribution in [1.29, 1.82) is 0 Å². The summed E-state index contributed by atoms with van der Waals surface area (Å²) in [6, 6.07) is 6.53. The summed E-state index contributed by atoms with van der Waals surface area (Å²) in [5.74, 6) is 0.700. The van der Waals surface area contributed by atoms with Gasteiger partial charge in [-0.2, -0.15) is 17.7 Å². The molecular formula is C12H9F3N6. The lowest BCUT2D eigenvalue weighted by atomic mass is 10.2. The normalized spacial score (nSPS) is 11.8. The highest BCUT2D eigenvalue weighted by Gasteiger charge is 2.30. The zero-order valence-corrected chi connectivity index (χ0v) is 10.8. The molecule has 0 amide bonds. The van der Waals surface area contributed by atoms with Gasteiger partial charge in [-0.05, 0) is 35.5 Å². The number of nitrogens with zero attached hydrogens (tertiary/aromatic N) is 5. The molecule has 0 aliphatic heterocycles. The average Bonchev–Trinajstić information content (AvgIpc) is 2.86. The highest BCUT2D eigenvalue weighted by atomic mass is 19.4. The van der Waals surface area contributed by atoms with E-state index in [2.05, 4.69) is 25.8 Å². The molecule has 0 aliphatic carbocycles. The Morgan fingerprint density at radius 1 is 1.19 bits per heavy atom. The van der Waals surface area contributed by atoms with E-state index in [1.165, 1.54) is 16.6 Å². The van der Waals surface area contributed by atoms with Gasteiger partial charge in [0.05, 0.1) is 5.56 Å². The monoisotopic (exact) mass is 294 g/mol. The summed E-state index contributed by atoms with van der Waals surface area (Å²) in [5, 5.41) is 13.8. The van der Waals surface area contributed by atoms with E-state index >= 15 is 0 Å². The van der Waals surface area contributed by atoms with E-state index in [-0.39, 0.29) is 11.5 Å². The number of aromatic nitrogens is 5. The first kappa shape index (κ1) is 13.3. The Labute approximate surface area is 116 Å². The molecule has 3 aromatic rings. The highest BCUT2D eigenvalue weighted by Crippen LogP contribution is 2.31. The van der Waals surface area contributed by atoms with Crippen molar-refractivity contribution in [2.45, 2.75) is 13.1 Å². The largest absolute Gasteiger partial charge is 0.416 e. The number of fused-ring (bicyclic) bond motifs is 1. The van der Waals surface area contributed by atoms with Crippen molar-refractivity contribution < 1.29 is 13.2 Å². The predicted octanol–water partition coefficient (Wildman–Crippen LogP) is 2.59. The van der Waals surface area contributed by atoms with Crippen LogP contribution in [0.2, 0.25) is 0 Å². The van der Waals surface area contributed by atoms with Gasteiger partial charge in [0.25, 0.3) is 5.78 Å². The molecule has 108 valence electrons. The maximum absolute atomic E-state index is 12.7. The molecule has 0 radical (unpaired) electrons. The number of hydrogen-bond donors (Lipinski definition) is 1. The molecule has 0 atom stereocenters. The minimum absolute atomic E-state index is 0.268. The van der Waals surface area contributed by atoms with Crippen LogP contribution in [0.3, 0.4) is 0 Å². The van der Waals surface area contributed by atoms with Crippen LogP contribution in [0.25, 0.3) is 5.78 Å². The third-order valence-electron chi connectivity index (χ3n) is 2.77. The van der Waals surface area contributed by atoms with E-state index in [9.17, 15) is 13.2 Å². The first-order valence-corrected chi connectivity index (χ1v) is 5.93. The van der Waals surface area contributed by atoms with Crippen molar-refractivity contribution in [1.82, 2.24) is 25.0 Å². The Balaban J connectivity index is 2.01. The number of benzene rings is 1. The molecule has 0 saturated carbocycles. The summed E-state index contributed by atoms with van der Waals surface area (Å²) in [4.78, 5) is 4.10. The fourth-order valence-electron chi connectivity index (χ4n) is 1.87. The lowest BCUT2D eigenvalue weighted by molar-refractivity contribution is -0.137. The molecule has 21 heavy (non-hydrogen) atoms. The zero-order valence-electron chi connectivity index (χ0n) is 10.8. The van der Waals surface area contributed by atoms with Gasteiger partial charge in [-0.25, -0.2) is 4.98 Å². The maximum Gasteiger partial charge on any atom is 0.416 e. The second-order valence-corrected chi connectivity index (χ2v) is 4.38. The standard InChI is InChI=1S/C12H9F3N6/c1-7-5-10(21-11(16-7)18-19-20-21)17-9-4-2-3-8(6-9)12(13,14)15/h2-6,17H,1H3. The number of aryl methyl sites for hydroxylation is 1. The summed E-state index contributed by atoms with van der Waals surface area (Å²) in [5.41, 5.74) is 0.199. The van der Waals surface area contributed by atoms with Gasteiger partial charge < -0.3 is 5.32 Å². The Morgan fingerprint density at radius 3 is 2.76 bits per heavy atom. The quantitative estimate of drug-likeness (QED) is 0.786. The van der Waals surface area contributed by atoms with Crippen LogP contribution in [0, 0.1) is 6.92 Å². The van der Waals surface area contributed by atoms with Gasteiger partial charge in [0.2, 0.25) is 0 Å². The number of anilines is 2. The summed E-state index contributed by atoms with van der Waals surface area (Å²) in [6.45, 7) is 1.74.